The van der Waals surface area contributed by atoms with Gasteiger partial charge in [0.15, 0.2) is 0 Å². The molecule has 0 amide bonds. The number of benzene rings is 2. The van der Waals surface area contributed by atoms with Crippen molar-refractivity contribution in [2.75, 3.05) is 13.7 Å². The average Bonchev–Trinajstić information content (AvgIpc) is 2.67. The highest BCUT2D eigenvalue weighted by atomic mass is 35.5. The van der Waals surface area contributed by atoms with Gasteiger partial charge in [-0.3, -0.25) is 0 Å². The normalized spacial score (nSPS) is 15.3. The van der Waals surface area contributed by atoms with Crippen molar-refractivity contribution in [3.63, 3.8) is 0 Å². The van der Waals surface area contributed by atoms with Crippen molar-refractivity contribution < 1.29 is 14.2 Å². The van der Waals surface area contributed by atoms with Gasteiger partial charge in [0.05, 0.1) is 13.2 Å². The molecule has 0 fully saturated rings. The Morgan fingerprint density at radius 3 is 2.41 bits per heavy atom. The van der Waals surface area contributed by atoms with E-state index in [1.807, 2.05) is 6.07 Å². The van der Waals surface area contributed by atoms with E-state index in [9.17, 15) is 0 Å². The van der Waals surface area contributed by atoms with Gasteiger partial charge in [-0.1, -0.05) is 43.6 Å². The first kappa shape index (κ1) is 20.2. The number of methoxy groups -OCH3 is 1. The maximum Gasteiger partial charge on any atom is 0.210 e. The fourth-order valence-electron chi connectivity index (χ4n) is 3.69. The Morgan fingerprint density at radius 1 is 1.04 bits per heavy atom. The van der Waals surface area contributed by atoms with E-state index < -0.39 is 5.79 Å². The molecule has 2 aromatic carbocycles. The summed E-state index contributed by atoms with van der Waals surface area (Å²) in [4.78, 5) is 0. The van der Waals surface area contributed by atoms with Crippen LogP contribution in [0.3, 0.4) is 0 Å². The average molecular weight is 389 g/mol. The Bertz CT molecular complexity index is 766. The molecule has 0 saturated carbocycles. The molecule has 0 aromatic heterocycles. The van der Waals surface area contributed by atoms with Gasteiger partial charge in [-0.2, -0.15) is 0 Å². The van der Waals surface area contributed by atoms with E-state index in [-0.39, 0.29) is 0 Å². The lowest BCUT2D eigenvalue weighted by molar-refractivity contribution is -0.214. The quantitative estimate of drug-likeness (QED) is 0.523. The molecule has 0 atom stereocenters. The number of halogens is 1. The third-order valence-corrected chi connectivity index (χ3v) is 5.42. The second kappa shape index (κ2) is 9.09. The van der Waals surface area contributed by atoms with E-state index in [0.29, 0.717) is 13.2 Å². The van der Waals surface area contributed by atoms with Crippen LogP contribution in [0.5, 0.6) is 5.75 Å². The summed E-state index contributed by atoms with van der Waals surface area (Å²) in [6, 6.07) is 12.5. The molecule has 3 nitrogen and oxygen atoms in total. The van der Waals surface area contributed by atoms with E-state index in [2.05, 4.69) is 44.2 Å². The summed E-state index contributed by atoms with van der Waals surface area (Å²) in [6.07, 6.45) is 4.74. The van der Waals surface area contributed by atoms with Crippen LogP contribution in [0.25, 0.3) is 11.1 Å². The molecule has 0 bridgehead atoms. The Balaban J connectivity index is 1.82. The van der Waals surface area contributed by atoms with E-state index in [4.69, 9.17) is 25.8 Å². The van der Waals surface area contributed by atoms with Gasteiger partial charge in [-0.05, 0) is 54.2 Å². The first-order valence-electron chi connectivity index (χ1n) is 9.84. The van der Waals surface area contributed by atoms with Gasteiger partial charge in [-0.15, -0.1) is 0 Å². The highest BCUT2D eigenvalue weighted by molar-refractivity contribution is 6.31. The number of hydrogen-bond donors (Lipinski definition) is 0. The zero-order chi connectivity index (χ0) is 19.3. The number of fused-ring (bicyclic) bond motifs is 1. The van der Waals surface area contributed by atoms with Gasteiger partial charge in [0.25, 0.3) is 0 Å². The summed E-state index contributed by atoms with van der Waals surface area (Å²) in [5, 5.41) is 0.777. The lowest BCUT2D eigenvalue weighted by Crippen LogP contribution is -2.41. The largest absolute Gasteiger partial charge is 0.462 e. The summed E-state index contributed by atoms with van der Waals surface area (Å²) in [7, 11) is 1.70. The Kier molecular flexibility index (Phi) is 6.80. The van der Waals surface area contributed by atoms with E-state index in [1.165, 1.54) is 0 Å². The van der Waals surface area contributed by atoms with E-state index in [1.54, 1.807) is 7.11 Å². The zero-order valence-electron chi connectivity index (χ0n) is 16.5. The molecule has 146 valence electrons. The minimum atomic E-state index is -0.468. The van der Waals surface area contributed by atoms with Gasteiger partial charge < -0.3 is 14.2 Å². The van der Waals surface area contributed by atoms with Crippen LogP contribution in [-0.2, 0) is 22.5 Å². The lowest BCUT2D eigenvalue weighted by Gasteiger charge is -2.38. The maximum absolute atomic E-state index is 6.46. The van der Waals surface area contributed by atoms with E-state index >= 15 is 0 Å². The summed E-state index contributed by atoms with van der Waals surface area (Å²) in [5.74, 6) is 0.472. The Hall–Kier alpha value is -1.55. The highest BCUT2D eigenvalue weighted by Gasteiger charge is 2.36. The van der Waals surface area contributed by atoms with Gasteiger partial charge in [-0.25, -0.2) is 0 Å². The van der Waals surface area contributed by atoms with Crippen molar-refractivity contribution in [3.05, 3.63) is 52.5 Å². The molecule has 0 aliphatic carbocycles. The molecule has 4 heteroatoms. The second-order valence-corrected chi connectivity index (χ2v) is 7.58. The molecule has 0 N–H and O–H groups in total. The molecule has 0 saturated heterocycles. The van der Waals surface area contributed by atoms with Gasteiger partial charge in [0.2, 0.25) is 5.79 Å². The summed E-state index contributed by atoms with van der Waals surface area (Å²) in [6.45, 7) is 5.60. The predicted molar refractivity (Wildman–Crippen MR) is 110 cm³/mol. The second-order valence-electron chi connectivity index (χ2n) is 7.17. The summed E-state index contributed by atoms with van der Waals surface area (Å²) in [5.41, 5.74) is 4.42. The molecular formula is C23H29ClO3. The number of hydrogen-bond acceptors (Lipinski definition) is 3. The number of ether oxygens (including phenoxy) is 3. The van der Waals surface area contributed by atoms with Crippen LogP contribution in [0.4, 0.5) is 0 Å². The molecular weight excluding hydrogens is 360 g/mol. The standard InChI is InChI=1S/C23H29ClO3/c1-4-11-23(12-5-2)26-16-20-14-18(8-9-22(20)27-23)19-7-6-17(10-13-25-3)21(24)15-19/h6-9,14-15H,4-5,10-13,16H2,1-3H3. The third kappa shape index (κ3) is 4.66. The summed E-state index contributed by atoms with van der Waals surface area (Å²) >= 11 is 6.46. The van der Waals surface area contributed by atoms with Gasteiger partial charge in [0.1, 0.15) is 5.75 Å². The lowest BCUT2D eigenvalue weighted by atomic mass is 9.99. The smallest absolute Gasteiger partial charge is 0.210 e. The van der Waals surface area contributed by atoms with Crippen LogP contribution in [0.1, 0.15) is 50.7 Å². The first-order valence-corrected chi connectivity index (χ1v) is 10.2. The molecule has 0 radical (unpaired) electrons. The summed E-state index contributed by atoms with van der Waals surface area (Å²) < 4.78 is 17.6. The van der Waals surface area contributed by atoms with Crippen molar-refractivity contribution in [1.29, 1.82) is 0 Å². The van der Waals surface area contributed by atoms with Gasteiger partial charge >= 0.3 is 0 Å². The maximum atomic E-state index is 6.46. The molecule has 0 spiro atoms. The van der Waals surface area contributed by atoms with Crippen molar-refractivity contribution in [2.24, 2.45) is 0 Å². The van der Waals surface area contributed by atoms with Crippen LogP contribution in [-0.4, -0.2) is 19.5 Å². The predicted octanol–water partition coefficient (Wildman–Crippen LogP) is 6.40. The third-order valence-electron chi connectivity index (χ3n) is 5.07. The number of rotatable bonds is 8. The van der Waals surface area contributed by atoms with Crippen LogP contribution < -0.4 is 4.74 Å². The molecule has 2 aromatic rings. The molecule has 1 aliphatic heterocycles. The van der Waals surface area contributed by atoms with Crippen LogP contribution in [0.2, 0.25) is 5.02 Å². The molecule has 27 heavy (non-hydrogen) atoms. The topological polar surface area (TPSA) is 27.7 Å². The zero-order valence-corrected chi connectivity index (χ0v) is 17.3. The van der Waals surface area contributed by atoms with Crippen LogP contribution >= 0.6 is 11.6 Å². The fraction of sp³-hybridized carbons (Fsp3) is 0.478. The van der Waals surface area contributed by atoms with Crippen molar-refractivity contribution >= 4 is 11.6 Å². The van der Waals surface area contributed by atoms with Gasteiger partial charge in [0, 0.05) is 30.5 Å². The van der Waals surface area contributed by atoms with Crippen molar-refractivity contribution in [1.82, 2.24) is 0 Å². The molecule has 3 rings (SSSR count). The first-order chi connectivity index (χ1) is 13.1. The minimum Gasteiger partial charge on any atom is -0.462 e. The van der Waals surface area contributed by atoms with E-state index in [0.717, 1.165) is 65.1 Å². The van der Waals surface area contributed by atoms with Crippen LogP contribution in [0, 0.1) is 0 Å². The molecule has 0 unspecified atom stereocenters. The monoisotopic (exact) mass is 388 g/mol. The fourth-order valence-corrected chi connectivity index (χ4v) is 3.96. The molecule has 1 aliphatic rings. The van der Waals surface area contributed by atoms with Crippen LogP contribution in [0.15, 0.2) is 36.4 Å². The van der Waals surface area contributed by atoms with Crippen molar-refractivity contribution in [2.45, 2.75) is 58.3 Å². The van der Waals surface area contributed by atoms with Crippen molar-refractivity contribution in [3.8, 4) is 16.9 Å². The SMILES string of the molecule is CCCC1(CCC)OCc2cc(-c3ccc(CCOC)c(Cl)c3)ccc2O1. The Morgan fingerprint density at radius 2 is 1.74 bits per heavy atom. The minimum absolute atomic E-state index is 0.468. The molecule has 1 heterocycles. The Labute approximate surface area is 167 Å². The highest BCUT2D eigenvalue weighted by Crippen LogP contribution is 2.39.